The van der Waals surface area contributed by atoms with Crippen molar-refractivity contribution in [3.05, 3.63) is 0 Å². The summed E-state index contributed by atoms with van der Waals surface area (Å²) >= 11 is 0. The van der Waals surface area contributed by atoms with Crippen LogP contribution in [0.3, 0.4) is 0 Å². The molecule has 0 aromatic rings. The predicted molar refractivity (Wildman–Crippen MR) is 96.5 cm³/mol. The van der Waals surface area contributed by atoms with Crippen LogP contribution in [-0.4, -0.2) is 65.2 Å². The molecule has 0 amide bonds. The number of guanidine groups is 1. The van der Waals surface area contributed by atoms with E-state index >= 15 is 0 Å². The first-order valence-corrected chi connectivity index (χ1v) is 9.64. The molecule has 0 aromatic carbocycles. The number of hydrogen-bond acceptors (Lipinski definition) is 4. The summed E-state index contributed by atoms with van der Waals surface area (Å²) in [5.74, 6) is 2.33. The van der Waals surface area contributed by atoms with Gasteiger partial charge in [0.15, 0.2) is 5.96 Å². The van der Waals surface area contributed by atoms with Crippen molar-refractivity contribution in [3.63, 3.8) is 0 Å². The average molecular weight is 341 g/mol. The lowest BCUT2D eigenvalue weighted by molar-refractivity contribution is 0.0893. The molecule has 0 aromatic heterocycles. The third-order valence-corrected chi connectivity index (χ3v) is 4.25. The summed E-state index contributed by atoms with van der Waals surface area (Å²) in [6.45, 7) is 9.77. The molecule has 1 saturated heterocycles. The molecule has 2 fully saturated rings. The Morgan fingerprint density at radius 1 is 1.04 bits per heavy atom. The minimum Gasteiger partial charge on any atom is -0.381 e. The summed E-state index contributed by atoms with van der Waals surface area (Å²) in [5, 5.41) is 6.64. The first-order valence-electron chi connectivity index (χ1n) is 9.64. The van der Waals surface area contributed by atoms with Crippen LogP contribution >= 0.6 is 0 Å². The van der Waals surface area contributed by atoms with Crippen LogP contribution in [0.2, 0.25) is 0 Å². The molecule has 1 aliphatic heterocycles. The molecule has 0 radical (unpaired) electrons. The Kier molecular flexibility index (Phi) is 10.1. The van der Waals surface area contributed by atoms with Gasteiger partial charge in [0, 0.05) is 52.0 Å². The van der Waals surface area contributed by atoms with Gasteiger partial charge >= 0.3 is 0 Å². The zero-order chi connectivity index (χ0) is 16.9. The van der Waals surface area contributed by atoms with Gasteiger partial charge in [-0.1, -0.05) is 0 Å². The standard InChI is InChI=1S/C18H35N3O3/c1-2-19-18(20-8-3-10-22-13-16-5-6-16)21-9-4-11-23-14-17-7-12-24-15-17/h16-17H,2-15H2,1H3,(H2,19,20,21). The molecule has 140 valence electrons. The Labute approximate surface area is 146 Å². The lowest BCUT2D eigenvalue weighted by atomic mass is 10.1. The molecule has 0 bridgehead atoms. The second-order valence-electron chi connectivity index (χ2n) is 6.72. The van der Waals surface area contributed by atoms with Gasteiger partial charge in [-0.3, -0.25) is 4.99 Å². The van der Waals surface area contributed by atoms with Crippen molar-refractivity contribution < 1.29 is 14.2 Å². The van der Waals surface area contributed by atoms with Gasteiger partial charge in [0.1, 0.15) is 0 Å². The highest BCUT2D eigenvalue weighted by Crippen LogP contribution is 2.28. The second-order valence-corrected chi connectivity index (χ2v) is 6.72. The highest BCUT2D eigenvalue weighted by Gasteiger charge is 2.20. The van der Waals surface area contributed by atoms with Crippen LogP contribution in [-0.2, 0) is 14.2 Å². The number of ether oxygens (including phenoxy) is 3. The molecule has 24 heavy (non-hydrogen) atoms. The van der Waals surface area contributed by atoms with Crippen LogP contribution in [0.5, 0.6) is 0 Å². The van der Waals surface area contributed by atoms with E-state index in [1.807, 2.05) is 0 Å². The number of nitrogens with one attached hydrogen (secondary N) is 2. The molecular formula is C18H35N3O3. The van der Waals surface area contributed by atoms with Gasteiger partial charge in [-0.05, 0) is 44.9 Å². The lowest BCUT2D eigenvalue weighted by Gasteiger charge is -2.12. The summed E-state index contributed by atoms with van der Waals surface area (Å²) in [6.07, 6.45) is 5.82. The molecule has 1 atom stereocenters. The molecule has 6 heteroatoms. The summed E-state index contributed by atoms with van der Waals surface area (Å²) in [7, 11) is 0. The zero-order valence-electron chi connectivity index (χ0n) is 15.2. The van der Waals surface area contributed by atoms with E-state index in [1.54, 1.807) is 0 Å². The summed E-state index contributed by atoms with van der Waals surface area (Å²) in [4.78, 5) is 4.59. The van der Waals surface area contributed by atoms with Gasteiger partial charge in [-0.15, -0.1) is 0 Å². The second kappa shape index (κ2) is 12.5. The van der Waals surface area contributed by atoms with Crippen LogP contribution in [0.4, 0.5) is 0 Å². The minimum atomic E-state index is 0.592. The third-order valence-electron chi connectivity index (χ3n) is 4.25. The molecule has 6 nitrogen and oxygen atoms in total. The molecular weight excluding hydrogens is 306 g/mol. The molecule has 1 heterocycles. The van der Waals surface area contributed by atoms with E-state index in [1.165, 1.54) is 12.8 Å². The Morgan fingerprint density at radius 2 is 1.83 bits per heavy atom. The van der Waals surface area contributed by atoms with Crippen molar-refractivity contribution in [2.75, 3.05) is 59.3 Å². The van der Waals surface area contributed by atoms with Crippen LogP contribution in [0.15, 0.2) is 4.99 Å². The third kappa shape index (κ3) is 9.45. The van der Waals surface area contributed by atoms with Gasteiger partial charge in [-0.2, -0.15) is 0 Å². The summed E-state index contributed by atoms with van der Waals surface area (Å²) < 4.78 is 16.7. The molecule has 1 aliphatic carbocycles. The molecule has 2 N–H and O–H groups in total. The van der Waals surface area contributed by atoms with Crippen molar-refractivity contribution in [3.8, 4) is 0 Å². The van der Waals surface area contributed by atoms with E-state index in [9.17, 15) is 0 Å². The predicted octanol–water partition coefficient (Wildman–Crippen LogP) is 1.80. The zero-order valence-corrected chi connectivity index (χ0v) is 15.2. The van der Waals surface area contributed by atoms with E-state index in [2.05, 4.69) is 22.5 Å². The Morgan fingerprint density at radius 3 is 2.54 bits per heavy atom. The number of hydrogen-bond donors (Lipinski definition) is 2. The number of aliphatic imine (C=N–C) groups is 1. The topological polar surface area (TPSA) is 64.1 Å². The van der Waals surface area contributed by atoms with Crippen molar-refractivity contribution in [1.29, 1.82) is 0 Å². The molecule has 1 unspecified atom stereocenters. The van der Waals surface area contributed by atoms with Gasteiger partial charge in [0.05, 0.1) is 13.2 Å². The van der Waals surface area contributed by atoms with E-state index in [0.717, 1.165) is 90.4 Å². The maximum atomic E-state index is 5.70. The van der Waals surface area contributed by atoms with Crippen LogP contribution in [0, 0.1) is 11.8 Å². The summed E-state index contributed by atoms with van der Waals surface area (Å²) in [6, 6.07) is 0. The van der Waals surface area contributed by atoms with Crippen molar-refractivity contribution >= 4 is 5.96 Å². The van der Waals surface area contributed by atoms with E-state index in [4.69, 9.17) is 14.2 Å². The first-order chi connectivity index (χ1) is 11.9. The fourth-order valence-corrected chi connectivity index (χ4v) is 2.58. The fourth-order valence-electron chi connectivity index (χ4n) is 2.58. The average Bonchev–Trinajstić information content (AvgIpc) is 3.27. The maximum Gasteiger partial charge on any atom is 0.191 e. The highest BCUT2D eigenvalue weighted by atomic mass is 16.5. The smallest absolute Gasteiger partial charge is 0.191 e. The van der Waals surface area contributed by atoms with Crippen molar-refractivity contribution in [2.24, 2.45) is 16.8 Å². The monoisotopic (exact) mass is 341 g/mol. The fraction of sp³-hybridized carbons (Fsp3) is 0.944. The molecule has 0 spiro atoms. The van der Waals surface area contributed by atoms with Crippen LogP contribution < -0.4 is 10.6 Å². The number of nitrogens with zero attached hydrogens (tertiary/aromatic N) is 1. The van der Waals surface area contributed by atoms with Crippen LogP contribution in [0.25, 0.3) is 0 Å². The maximum absolute atomic E-state index is 5.70. The van der Waals surface area contributed by atoms with Gasteiger partial charge in [0.2, 0.25) is 0 Å². The normalized spacial score (nSPS) is 21.2. The van der Waals surface area contributed by atoms with Gasteiger partial charge < -0.3 is 24.8 Å². The van der Waals surface area contributed by atoms with Crippen molar-refractivity contribution in [1.82, 2.24) is 10.6 Å². The molecule has 1 saturated carbocycles. The Bertz CT molecular complexity index is 342. The van der Waals surface area contributed by atoms with Gasteiger partial charge in [-0.25, -0.2) is 0 Å². The van der Waals surface area contributed by atoms with E-state index < -0.39 is 0 Å². The van der Waals surface area contributed by atoms with Crippen LogP contribution in [0.1, 0.15) is 39.0 Å². The minimum absolute atomic E-state index is 0.592. The Hall–Kier alpha value is -0.850. The molecule has 2 rings (SSSR count). The molecule has 2 aliphatic rings. The Balaban J connectivity index is 1.44. The number of rotatable bonds is 13. The van der Waals surface area contributed by atoms with Gasteiger partial charge in [0.25, 0.3) is 0 Å². The van der Waals surface area contributed by atoms with E-state index in [0.29, 0.717) is 5.92 Å². The summed E-state index contributed by atoms with van der Waals surface area (Å²) in [5.41, 5.74) is 0. The largest absolute Gasteiger partial charge is 0.381 e. The van der Waals surface area contributed by atoms with Crippen molar-refractivity contribution in [2.45, 2.75) is 39.0 Å². The first kappa shape index (κ1) is 19.5. The quantitative estimate of drug-likeness (QED) is 0.304. The highest BCUT2D eigenvalue weighted by molar-refractivity contribution is 5.79. The van der Waals surface area contributed by atoms with E-state index in [-0.39, 0.29) is 0 Å². The SMILES string of the molecule is CCNC(=NCCCOCC1CCOC1)NCCCOCC1CC1. The lowest BCUT2D eigenvalue weighted by Crippen LogP contribution is -2.38.